The molecule has 2 fully saturated rings. The summed E-state index contributed by atoms with van der Waals surface area (Å²) in [6, 6.07) is -0.0485. The molecule has 0 radical (unpaired) electrons. The Balaban J connectivity index is 1.79. The Hall–Kier alpha value is -1.85. The number of nitrogens with one attached hydrogen (secondary N) is 1. The molecule has 1 N–H and O–H groups in total. The van der Waals surface area contributed by atoms with Crippen molar-refractivity contribution in [3.63, 3.8) is 0 Å². The van der Waals surface area contributed by atoms with E-state index in [1.165, 1.54) is 0 Å². The maximum Gasteiger partial charge on any atom is 0.226 e. The van der Waals surface area contributed by atoms with Gasteiger partial charge in [0.25, 0.3) is 0 Å². The summed E-state index contributed by atoms with van der Waals surface area (Å²) in [6.07, 6.45) is 9.44. The van der Waals surface area contributed by atoms with Crippen LogP contribution in [0.2, 0.25) is 0 Å². The highest BCUT2D eigenvalue weighted by Crippen LogP contribution is 2.43. The first-order valence-corrected chi connectivity index (χ1v) is 10.3. The first-order valence-electron chi connectivity index (χ1n) is 10.3. The van der Waals surface area contributed by atoms with Gasteiger partial charge in [-0.05, 0) is 40.0 Å². The van der Waals surface area contributed by atoms with E-state index in [1.54, 1.807) is 4.68 Å². The summed E-state index contributed by atoms with van der Waals surface area (Å²) in [4.78, 5) is 27.7. The molecule has 2 amide bonds. The lowest BCUT2D eigenvalue weighted by Gasteiger charge is -2.38. The predicted molar refractivity (Wildman–Crippen MR) is 105 cm³/mol. The van der Waals surface area contributed by atoms with Gasteiger partial charge < -0.3 is 10.2 Å². The lowest BCUT2D eigenvalue weighted by Crippen LogP contribution is -2.45. The van der Waals surface area contributed by atoms with Crippen molar-refractivity contribution in [3.05, 3.63) is 18.0 Å². The Kier molecular flexibility index (Phi) is 5.37. The minimum atomic E-state index is -0.271. The second-order valence-corrected chi connectivity index (χ2v) is 9.34. The van der Waals surface area contributed by atoms with Crippen LogP contribution >= 0.6 is 0 Å². The predicted octanol–water partition coefficient (Wildman–Crippen LogP) is 3.19. The fraction of sp³-hybridized carbons (Fsp3) is 0.762. The van der Waals surface area contributed by atoms with Crippen molar-refractivity contribution >= 4 is 11.8 Å². The lowest BCUT2D eigenvalue weighted by atomic mass is 9.82. The number of carbonyl (C=O) groups is 2. The smallest absolute Gasteiger partial charge is 0.226 e. The fourth-order valence-corrected chi connectivity index (χ4v) is 4.99. The van der Waals surface area contributed by atoms with Gasteiger partial charge in [-0.1, -0.05) is 19.8 Å². The molecule has 150 valence electrons. The molecule has 2 aliphatic rings. The van der Waals surface area contributed by atoms with E-state index >= 15 is 0 Å². The van der Waals surface area contributed by atoms with Gasteiger partial charge in [-0.3, -0.25) is 14.3 Å². The molecule has 0 bridgehead atoms. The zero-order chi connectivity index (χ0) is 19.8. The standard InChI is InChI=1S/C21H34N4O2/c1-6-21(9-7-8-10-21)19(27)22-12-15-11-17(26)25(20(2,3)4)18(15)16-13-23-24(5)14-16/h13-15,18H,6-12H2,1-5H3,(H,22,27)/t15-,18+/m0/s1. The van der Waals surface area contributed by atoms with Crippen molar-refractivity contribution in [1.29, 1.82) is 0 Å². The first kappa shape index (κ1) is 19.9. The molecule has 27 heavy (non-hydrogen) atoms. The van der Waals surface area contributed by atoms with Gasteiger partial charge in [-0.15, -0.1) is 0 Å². The average molecular weight is 375 g/mol. The van der Waals surface area contributed by atoms with Crippen LogP contribution in [0.25, 0.3) is 0 Å². The van der Waals surface area contributed by atoms with E-state index < -0.39 is 0 Å². The van der Waals surface area contributed by atoms with E-state index in [-0.39, 0.29) is 34.7 Å². The maximum atomic E-state index is 12.9. The van der Waals surface area contributed by atoms with E-state index in [4.69, 9.17) is 0 Å². The number of nitrogens with zero attached hydrogens (tertiary/aromatic N) is 3. The number of carbonyl (C=O) groups excluding carboxylic acids is 2. The van der Waals surface area contributed by atoms with Gasteiger partial charge in [-0.25, -0.2) is 0 Å². The van der Waals surface area contributed by atoms with Crippen LogP contribution in [0.1, 0.15) is 77.8 Å². The highest BCUT2D eigenvalue weighted by atomic mass is 16.2. The van der Waals surface area contributed by atoms with Crippen molar-refractivity contribution in [2.24, 2.45) is 18.4 Å². The van der Waals surface area contributed by atoms with Crippen LogP contribution in [0.3, 0.4) is 0 Å². The van der Waals surface area contributed by atoms with Gasteiger partial charge in [0, 0.05) is 48.6 Å². The van der Waals surface area contributed by atoms with Crippen LogP contribution in [-0.4, -0.2) is 38.6 Å². The van der Waals surface area contributed by atoms with Gasteiger partial charge >= 0.3 is 0 Å². The summed E-state index contributed by atoms with van der Waals surface area (Å²) < 4.78 is 1.78. The number of likely N-dealkylation sites (tertiary alicyclic amines) is 1. The molecule has 1 aromatic heterocycles. The summed E-state index contributed by atoms with van der Waals surface area (Å²) >= 11 is 0. The second kappa shape index (κ2) is 7.28. The molecule has 3 rings (SSSR count). The van der Waals surface area contributed by atoms with Gasteiger partial charge in [0.2, 0.25) is 11.8 Å². The Morgan fingerprint density at radius 2 is 2.00 bits per heavy atom. The molecule has 6 heteroatoms. The molecule has 1 aliphatic heterocycles. The molecule has 1 aromatic rings. The quantitative estimate of drug-likeness (QED) is 0.861. The SMILES string of the molecule is CCC1(C(=O)NC[C@@H]2CC(=O)N(C(C)(C)C)[C@H]2c2cnn(C)c2)CCCC1. The van der Waals surface area contributed by atoms with Crippen molar-refractivity contribution < 1.29 is 9.59 Å². The van der Waals surface area contributed by atoms with Gasteiger partial charge in [0.15, 0.2) is 0 Å². The van der Waals surface area contributed by atoms with Crippen LogP contribution < -0.4 is 5.32 Å². The lowest BCUT2D eigenvalue weighted by molar-refractivity contribution is -0.133. The normalized spacial score (nSPS) is 25.2. The molecule has 1 aliphatic carbocycles. The van der Waals surface area contributed by atoms with E-state index in [9.17, 15) is 9.59 Å². The number of amides is 2. The number of rotatable bonds is 5. The Bertz CT molecular complexity index is 697. The molecule has 6 nitrogen and oxygen atoms in total. The van der Waals surface area contributed by atoms with Crippen LogP contribution in [-0.2, 0) is 16.6 Å². The molecule has 1 saturated carbocycles. The van der Waals surface area contributed by atoms with Gasteiger partial charge in [0.1, 0.15) is 0 Å². The van der Waals surface area contributed by atoms with Crippen molar-refractivity contribution in [2.45, 2.75) is 77.8 Å². The third-order valence-electron chi connectivity index (χ3n) is 6.46. The summed E-state index contributed by atoms with van der Waals surface area (Å²) in [5, 5.41) is 7.52. The van der Waals surface area contributed by atoms with Crippen LogP contribution in [0, 0.1) is 11.3 Å². The minimum Gasteiger partial charge on any atom is -0.355 e. The van der Waals surface area contributed by atoms with Crippen LogP contribution in [0.4, 0.5) is 0 Å². The monoisotopic (exact) mass is 374 g/mol. The zero-order valence-electron chi connectivity index (χ0n) is 17.4. The zero-order valence-corrected chi connectivity index (χ0v) is 17.4. The molecule has 0 aromatic carbocycles. The Labute approximate surface area is 162 Å². The van der Waals surface area contributed by atoms with E-state index in [0.717, 1.165) is 37.7 Å². The largest absolute Gasteiger partial charge is 0.355 e. The Morgan fingerprint density at radius 1 is 1.33 bits per heavy atom. The molecule has 1 saturated heterocycles. The highest BCUT2D eigenvalue weighted by Gasteiger charge is 2.46. The Morgan fingerprint density at radius 3 is 2.52 bits per heavy atom. The molecule has 0 unspecified atom stereocenters. The molecular weight excluding hydrogens is 340 g/mol. The van der Waals surface area contributed by atoms with E-state index in [1.807, 2.05) is 24.3 Å². The topological polar surface area (TPSA) is 67.2 Å². The number of hydrogen-bond donors (Lipinski definition) is 1. The fourth-order valence-electron chi connectivity index (χ4n) is 4.99. The van der Waals surface area contributed by atoms with Crippen LogP contribution in [0.5, 0.6) is 0 Å². The molecule has 0 spiro atoms. The van der Waals surface area contributed by atoms with Crippen molar-refractivity contribution in [2.75, 3.05) is 6.54 Å². The summed E-state index contributed by atoms with van der Waals surface area (Å²) in [5.41, 5.74) is 0.575. The van der Waals surface area contributed by atoms with E-state index in [0.29, 0.717) is 13.0 Å². The second-order valence-electron chi connectivity index (χ2n) is 9.34. The van der Waals surface area contributed by atoms with Gasteiger partial charge in [-0.2, -0.15) is 5.10 Å². The molecular formula is C21H34N4O2. The maximum absolute atomic E-state index is 12.9. The third-order valence-corrected chi connectivity index (χ3v) is 6.46. The van der Waals surface area contributed by atoms with Gasteiger partial charge in [0.05, 0.1) is 12.2 Å². The third kappa shape index (κ3) is 3.76. The van der Waals surface area contributed by atoms with Crippen LogP contribution in [0.15, 0.2) is 12.4 Å². The summed E-state index contributed by atoms with van der Waals surface area (Å²) in [7, 11) is 1.89. The first-order chi connectivity index (χ1) is 12.7. The highest BCUT2D eigenvalue weighted by molar-refractivity contribution is 5.83. The summed E-state index contributed by atoms with van der Waals surface area (Å²) in [5.74, 6) is 0.399. The van der Waals surface area contributed by atoms with E-state index in [2.05, 4.69) is 38.1 Å². The van der Waals surface area contributed by atoms with Crippen molar-refractivity contribution in [3.8, 4) is 0 Å². The van der Waals surface area contributed by atoms with Crippen molar-refractivity contribution in [1.82, 2.24) is 20.0 Å². The summed E-state index contributed by atoms with van der Waals surface area (Å²) in [6.45, 7) is 8.86. The number of aryl methyl sites for hydroxylation is 1. The minimum absolute atomic E-state index is 0.0485. The number of hydrogen-bond acceptors (Lipinski definition) is 3. The molecule has 2 atom stereocenters. The molecule has 2 heterocycles. The average Bonchev–Trinajstić information content (AvgIpc) is 3.30. The number of aromatic nitrogens is 2.